The van der Waals surface area contributed by atoms with Crippen molar-refractivity contribution in [1.82, 2.24) is 20.3 Å². The van der Waals surface area contributed by atoms with Gasteiger partial charge in [0.05, 0.1) is 5.56 Å². The third-order valence-electron chi connectivity index (χ3n) is 6.44. The number of nitrogens with zero attached hydrogens (tertiary/aromatic N) is 4. The quantitative estimate of drug-likeness (QED) is 0.457. The molecule has 7 heteroatoms. The van der Waals surface area contributed by atoms with Gasteiger partial charge in [-0.2, -0.15) is 0 Å². The Labute approximate surface area is 199 Å². The highest BCUT2D eigenvalue weighted by molar-refractivity contribution is 5.94. The highest BCUT2D eigenvalue weighted by atomic mass is 16.1. The molecule has 3 N–H and O–H groups in total. The molecular weight excluding hydrogens is 424 g/mol. The van der Waals surface area contributed by atoms with Gasteiger partial charge in [-0.05, 0) is 78.6 Å². The van der Waals surface area contributed by atoms with E-state index in [1.807, 2.05) is 48.8 Å². The van der Waals surface area contributed by atoms with Crippen LogP contribution in [0.3, 0.4) is 0 Å². The molecule has 34 heavy (non-hydrogen) atoms. The number of rotatable bonds is 6. The number of carbonyl (C=O) groups excluding carboxylic acids is 1. The van der Waals surface area contributed by atoms with Gasteiger partial charge in [-0.1, -0.05) is 12.1 Å². The van der Waals surface area contributed by atoms with E-state index < -0.39 is 0 Å². The van der Waals surface area contributed by atoms with E-state index in [1.54, 1.807) is 12.4 Å². The van der Waals surface area contributed by atoms with Gasteiger partial charge in [0.1, 0.15) is 11.6 Å². The van der Waals surface area contributed by atoms with Crippen molar-refractivity contribution in [3.63, 3.8) is 0 Å². The van der Waals surface area contributed by atoms with Crippen molar-refractivity contribution in [2.75, 3.05) is 17.2 Å². The van der Waals surface area contributed by atoms with E-state index in [0.717, 1.165) is 39.8 Å². The van der Waals surface area contributed by atoms with Gasteiger partial charge < -0.3 is 16.0 Å². The molecule has 0 aliphatic carbocycles. The zero-order chi connectivity index (χ0) is 23.5. The Kier molecular flexibility index (Phi) is 6.08. The summed E-state index contributed by atoms with van der Waals surface area (Å²) in [6, 6.07) is 14.4. The average Bonchev–Trinajstić information content (AvgIpc) is 3.29. The first kappa shape index (κ1) is 21.8. The van der Waals surface area contributed by atoms with Gasteiger partial charge in [-0.3, -0.25) is 9.78 Å². The van der Waals surface area contributed by atoms with Crippen LogP contribution in [0.5, 0.6) is 0 Å². The molecule has 4 heterocycles. The summed E-state index contributed by atoms with van der Waals surface area (Å²) in [6.07, 6.45) is 10.1. The standard InChI is InChI=1S/C27H28N6O/c1-18-3-2-10-33(18)25-14-19(6-8-30-25)11-21-13-23(17-29-15-21)27(34)32-16-20-4-5-24-22(12-20)7-9-31-26(24)28/h4-9,12-15,17-18H,2-3,10-11,16H2,1H3,(H2,28,31)(H,32,34). The van der Waals surface area contributed by atoms with Gasteiger partial charge in [-0.15, -0.1) is 0 Å². The average molecular weight is 453 g/mol. The van der Waals surface area contributed by atoms with Crippen molar-refractivity contribution in [3.05, 3.63) is 89.5 Å². The van der Waals surface area contributed by atoms with Crippen LogP contribution in [-0.2, 0) is 13.0 Å². The second-order valence-corrected chi connectivity index (χ2v) is 8.90. The summed E-state index contributed by atoms with van der Waals surface area (Å²) >= 11 is 0. The lowest BCUT2D eigenvalue weighted by atomic mass is 10.1. The molecule has 1 amide bonds. The van der Waals surface area contributed by atoms with Crippen LogP contribution in [0.15, 0.2) is 67.3 Å². The third-order valence-corrected chi connectivity index (χ3v) is 6.44. The minimum absolute atomic E-state index is 0.148. The van der Waals surface area contributed by atoms with Gasteiger partial charge in [0.25, 0.3) is 5.91 Å². The summed E-state index contributed by atoms with van der Waals surface area (Å²) in [7, 11) is 0. The second-order valence-electron chi connectivity index (χ2n) is 8.90. The zero-order valence-corrected chi connectivity index (χ0v) is 19.2. The Hall–Kier alpha value is -4.00. The molecule has 1 aliphatic heterocycles. The maximum Gasteiger partial charge on any atom is 0.253 e. The largest absolute Gasteiger partial charge is 0.383 e. The lowest BCUT2D eigenvalue weighted by Gasteiger charge is -2.22. The van der Waals surface area contributed by atoms with E-state index >= 15 is 0 Å². The Bertz CT molecular complexity index is 1340. The molecule has 172 valence electrons. The Morgan fingerprint density at radius 3 is 2.79 bits per heavy atom. The molecule has 1 aliphatic rings. The van der Waals surface area contributed by atoms with Crippen LogP contribution in [0.4, 0.5) is 11.6 Å². The van der Waals surface area contributed by atoms with Gasteiger partial charge in [0.2, 0.25) is 0 Å². The summed E-state index contributed by atoms with van der Waals surface area (Å²) in [5.74, 6) is 1.38. The first-order chi connectivity index (χ1) is 16.6. The number of hydrogen-bond donors (Lipinski definition) is 2. The smallest absolute Gasteiger partial charge is 0.253 e. The normalized spacial score (nSPS) is 15.6. The molecule has 1 fully saturated rings. The fourth-order valence-electron chi connectivity index (χ4n) is 4.59. The van der Waals surface area contributed by atoms with Crippen LogP contribution >= 0.6 is 0 Å². The number of fused-ring (bicyclic) bond motifs is 1. The predicted octanol–water partition coefficient (Wildman–Crippen LogP) is 4.12. The molecule has 7 nitrogen and oxygen atoms in total. The topological polar surface area (TPSA) is 97.0 Å². The molecule has 5 rings (SSSR count). The third kappa shape index (κ3) is 4.69. The maximum absolute atomic E-state index is 12.8. The number of hydrogen-bond acceptors (Lipinski definition) is 6. The SMILES string of the molecule is CC1CCCN1c1cc(Cc2cncc(C(=O)NCc3ccc4c(N)nccc4c3)c2)ccn1. The van der Waals surface area contributed by atoms with Gasteiger partial charge in [0.15, 0.2) is 0 Å². The van der Waals surface area contributed by atoms with Gasteiger partial charge in [0, 0.05) is 49.3 Å². The summed E-state index contributed by atoms with van der Waals surface area (Å²) in [5.41, 5.74) is 9.63. The molecule has 3 aromatic heterocycles. The van der Waals surface area contributed by atoms with Crippen LogP contribution in [0.25, 0.3) is 10.8 Å². The highest BCUT2D eigenvalue weighted by Gasteiger charge is 2.21. The number of pyridine rings is 3. The van der Waals surface area contributed by atoms with Crippen LogP contribution in [0, 0.1) is 0 Å². The number of aromatic nitrogens is 3. The number of nitrogens with one attached hydrogen (secondary N) is 1. The number of nitrogens with two attached hydrogens (primary N) is 1. The van der Waals surface area contributed by atoms with Gasteiger partial charge >= 0.3 is 0 Å². The van der Waals surface area contributed by atoms with Crippen LogP contribution in [0.1, 0.15) is 46.8 Å². The minimum atomic E-state index is -0.148. The molecule has 1 unspecified atom stereocenters. The molecule has 0 spiro atoms. The van der Waals surface area contributed by atoms with E-state index in [4.69, 9.17) is 5.73 Å². The summed E-state index contributed by atoms with van der Waals surface area (Å²) in [4.78, 5) is 28.2. The van der Waals surface area contributed by atoms with Crippen molar-refractivity contribution in [2.24, 2.45) is 0 Å². The zero-order valence-electron chi connectivity index (χ0n) is 19.2. The molecule has 0 radical (unpaired) electrons. The van der Waals surface area contributed by atoms with E-state index in [0.29, 0.717) is 30.4 Å². The lowest BCUT2D eigenvalue weighted by molar-refractivity contribution is 0.0950. The second kappa shape index (κ2) is 9.47. The first-order valence-electron chi connectivity index (χ1n) is 11.6. The fourth-order valence-corrected chi connectivity index (χ4v) is 4.59. The Morgan fingerprint density at radius 2 is 1.94 bits per heavy atom. The molecule has 0 bridgehead atoms. The maximum atomic E-state index is 12.8. The predicted molar refractivity (Wildman–Crippen MR) is 135 cm³/mol. The van der Waals surface area contributed by atoms with Crippen molar-refractivity contribution >= 4 is 28.3 Å². The van der Waals surface area contributed by atoms with E-state index in [2.05, 4.69) is 38.2 Å². The number of carbonyl (C=O) groups is 1. The number of benzene rings is 1. The van der Waals surface area contributed by atoms with Crippen LogP contribution in [-0.4, -0.2) is 33.4 Å². The number of amides is 1. The van der Waals surface area contributed by atoms with Crippen molar-refractivity contribution in [2.45, 2.75) is 38.8 Å². The van der Waals surface area contributed by atoms with Crippen molar-refractivity contribution in [1.29, 1.82) is 0 Å². The summed E-state index contributed by atoms with van der Waals surface area (Å²) < 4.78 is 0. The molecule has 4 aromatic rings. The van der Waals surface area contributed by atoms with Crippen molar-refractivity contribution in [3.8, 4) is 0 Å². The van der Waals surface area contributed by atoms with E-state index in [-0.39, 0.29) is 5.91 Å². The van der Waals surface area contributed by atoms with E-state index in [9.17, 15) is 4.79 Å². The molecule has 0 saturated carbocycles. The summed E-state index contributed by atoms with van der Waals surface area (Å²) in [6.45, 7) is 3.72. The Morgan fingerprint density at radius 1 is 1.06 bits per heavy atom. The molecule has 1 atom stereocenters. The van der Waals surface area contributed by atoms with Crippen LogP contribution in [0.2, 0.25) is 0 Å². The number of anilines is 2. The van der Waals surface area contributed by atoms with Crippen LogP contribution < -0.4 is 16.0 Å². The van der Waals surface area contributed by atoms with Gasteiger partial charge in [-0.25, -0.2) is 9.97 Å². The minimum Gasteiger partial charge on any atom is -0.383 e. The Balaban J connectivity index is 1.25. The highest BCUT2D eigenvalue weighted by Crippen LogP contribution is 2.25. The lowest BCUT2D eigenvalue weighted by Crippen LogP contribution is -2.27. The van der Waals surface area contributed by atoms with Crippen molar-refractivity contribution < 1.29 is 4.79 Å². The molecule has 1 saturated heterocycles. The monoisotopic (exact) mass is 452 g/mol. The molecular formula is C27H28N6O. The first-order valence-corrected chi connectivity index (χ1v) is 11.6. The fraction of sp³-hybridized carbons (Fsp3) is 0.259. The summed E-state index contributed by atoms with van der Waals surface area (Å²) in [5, 5.41) is 4.91. The van der Waals surface area contributed by atoms with E-state index in [1.165, 1.54) is 12.8 Å². The molecule has 1 aromatic carbocycles. The number of nitrogen functional groups attached to an aromatic ring is 1.